The van der Waals surface area contributed by atoms with Crippen molar-refractivity contribution in [2.45, 2.75) is 6.54 Å². The fourth-order valence-corrected chi connectivity index (χ4v) is 1.80. The Balaban J connectivity index is 1.95. The Morgan fingerprint density at radius 3 is 2.88 bits per heavy atom. The van der Waals surface area contributed by atoms with Crippen LogP contribution >= 0.6 is 11.3 Å². The molecule has 0 saturated carbocycles. The molecule has 2 aromatic rings. The van der Waals surface area contributed by atoms with Gasteiger partial charge in [0.25, 0.3) is 5.91 Å². The van der Waals surface area contributed by atoms with Crippen molar-refractivity contribution in [3.05, 3.63) is 40.2 Å². The third-order valence-corrected chi connectivity index (χ3v) is 2.68. The lowest BCUT2D eigenvalue weighted by molar-refractivity contribution is 0.0945. The van der Waals surface area contributed by atoms with Crippen molar-refractivity contribution < 1.29 is 4.79 Å². The largest absolute Gasteiger partial charge is 0.382 e. The van der Waals surface area contributed by atoms with Crippen molar-refractivity contribution in [1.29, 1.82) is 0 Å². The smallest absolute Gasteiger partial charge is 0.272 e. The number of hydrogen-bond acceptors (Lipinski definition) is 5. The molecule has 2 rings (SSSR count). The lowest BCUT2D eigenvalue weighted by atomic mass is 10.3. The van der Waals surface area contributed by atoms with Crippen molar-refractivity contribution >= 4 is 23.1 Å². The fourth-order valence-electron chi connectivity index (χ4n) is 1.13. The first-order valence-corrected chi connectivity index (χ1v) is 5.58. The molecule has 5 nitrogen and oxygen atoms in total. The summed E-state index contributed by atoms with van der Waals surface area (Å²) in [4.78, 5) is 11.6. The van der Waals surface area contributed by atoms with Crippen LogP contribution in [0.5, 0.6) is 0 Å². The van der Waals surface area contributed by atoms with Gasteiger partial charge in [-0.2, -0.15) is 11.3 Å². The van der Waals surface area contributed by atoms with Gasteiger partial charge in [-0.05, 0) is 34.5 Å². The van der Waals surface area contributed by atoms with E-state index in [0.717, 1.165) is 5.56 Å². The fraction of sp³-hybridized carbons (Fsp3) is 0.100. The molecule has 82 valence electrons. The molecule has 0 bridgehead atoms. The number of rotatable bonds is 3. The maximum Gasteiger partial charge on any atom is 0.272 e. The molecule has 0 atom stereocenters. The highest BCUT2D eigenvalue weighted by Crippen LogP contribution is 2.05. The zero-order valence-corrected chi connectivity index (χ0v) is 9.20. The molecular weight excluding hydrogens is 224 g/mol. The van der Waals surface area contributed by atoms with E-state index in [1.165, 1.54) is 0 Å². The van der Waals surface area contributed by atoms with Gasteiger partial charge >= 0.3 is 0 Å². The molecule has 0 fully saturated rings. The van der Waals surface area contributed by atoms with Crippen LogP contribution in [0.15, 0.2) is 29.0 Å². The number of thiophene rings is 1. The van der Waals surface area contributed by atoms with E-state index >= 15 is 0 Å². The molecule has 0 aliphatic heterocycles. The van der Waals surface area contributed by atoms with Crippen LogP contribution in [0, 0.1) is 0 Å². The number of aromatic nitrogens is 2. The minimum atomic E-state index is -0.251. The number of anilines is 1. The highest BCUT2D eigenvalue weighted by atomic mass is 32.1. The highest BCUT2D eigenvalue weighted by Gasteiger charge is 2.06. The lowest BCUT2D eigenvalue weighted by Gasteiger charge is -2.02. The summed E-state index contributed by atoms with van der Waals surface area (Å²) in [5.74, 6) is 0.0492. The monoisotopic (exact) mass is 234 g/mol. The average molecular weight is 234 g/mol. The number of hydrogen-bond donors (Lipinski definition) is 2. The molecule has 1 amide bonds. The number of nitrogens with zero attached hydrogens (tertiary/aromatic N) is 2. The molecule has 0 aromatic carbocycles. The molecule has 0 unspecified atom stereocenters. The molecule has 16 heavy (non-hydrogen) atoms. The molecule has 0 saturated heterocycles. The molecule has 0 radical (unpaired) electrons. The van der Waals surface area contributed by atoms with E-state index in [1.807, 2.05) is 16.8 Å². The van der Waals surface area contributed by atoms with Gasteiger partial charge in [0.05, 0.1) is 0 Å². The van der Waals surface area contributed by atoms with Gasteiger partial charge in [-0.1, -0.05) is 0 Å². The first-order valence-electron chi connectivity index (χ1n) is 4.64. The van der Waals surface area contributed by atoms with E-state index in [1.54, 1.807) is 23.5 Å². The van der Waals surface area contributed by atoms with Crippen LogP contribution in [0.1, 0.15) is 16.1 Å². The van der Waals surface area contributed by atoms with Crippen molar-refractivity contribution in [2.24, 2.45) is 0 Å². The summed E-state index contributed by atoms with van der Waals surface area (Å²) in [5.41, 5.74) is 6.71. The third-order valence-electron chi connectivity index (χ3n) is 1.95. The Bertz CT molecular complexity index is 466. The van der Waals surface area contributed by atoms with Crippen LogP contribution in [-0.2, 0) is 6.54 Å². The van der Waals surface area contributed by atoms with Crippen molar-refractivity contribution in [3.63, 3.8) is 0 Å². The van der Waals surface area contributed by atoms with Crippen LogP contribution in [0.4, 0.5) is 5.82 Å². The number of amides is 1. The number of nitrogens with one attached hydrogen (secondary N) is 1. The summed E-state index contributed by atoms with van der Waals surface area (Å²) in [5, 5.41) is 14.0. The van der Waals surface area contributed by atoms with Gasteiger partial charge in [0.15, 0.2) is 5.69 Å². The van der Waals surface area contributed by atoms with Crippen molar-refractivity contribution in [2.75, 3.05) is 5.73 Å². The van der Waals surface area contributed by atoms with Crippen molar-refractivity contribution in [1.82, 2.24) is 15.5 Å². The summed E-state index contributed by atoms with van der Waals surface area (Å²) in [6.07, 6.45) is 0. The standard InChI is InChI=1S/C10H10N4OS/c11-9-2-1-8(13-14-9)10(15)12-5-7-3-4-16-6-7/h1-4,6H,5H2,(H2,11,14)(H,12,15). The quantitative estimate of drug-likeness (QED) is 0.831. The molecular formula is C10H10N4OS. The first kappa shape index (κ1) is 10.6. The Morgan fingerprint density at radius 1 is 1.38 bits per heavy atom. The topological polar surface area (TPSA) is 80.9 Å². The second-order valence-electron chi connectivity index (χ2n) is 3.16. The minimum Gasteiger partial charge on any atom is -0.382 e. The van der Waals surface area contributed by atoms with Crippen LogP contribution in [0.2, 0.25) is 0 Å². The summed E-state index contributed by atoms with van der Waals surface area (Å²) >= 11 is 1.59. The van der Waals surface area contributed by atoms with Gasteiger partial charge in [-0.3, -0.25) is 4.79 Å². The van der Waals surface area contributed by atoms with Gasteiger partial charge in [-0.15, -0.1) is 10.2 Å². The first-order chi connectivity index (χ1) is 7.75. The van der Waals surface area contributed by atoms with Gasteiger partial charge in [0, 0.05) is 6.54 Å². The second kappa shape index (κ2) is 4.71. The molecule has 0 aliphatic carbocycles. The summed E-state index contributed by atoms with van der Waals surface area (Å²) in [7, 11) is 0. The molecule has 0 aliphatic rings. The lowest BCUT2D eigenvalue weighted by Crippen LogP contribution is -2.23. The molecule has 2 heterocycles. The summed E-state index contributed by atoms with van der Waals surface area (Å²) < 4.78 is 0. The number of nitrogen functional groups attached to an aromatic ring is 1. The predicted octanol–water partition coefficient (Wildman–Crippen LogP) is 1.05. The van der Waals surface area contributed by atoms with E-state index in [4.69, 9.17) is 5.73 Å². The Kier molecular flexibility index (Phi) is 3.11. The Hall–Kier alpha value is -1.95. The summed E-state index contributed by atoms with van der Waals surface area (Å²) in [6.45, 7) is 0.494. The molecule has 0 spiro atoms. The molecule has 2 aromatic heterocycles. The van der Waals surface area contributed by atoms with Crippen LogP contribution in [0.3, 0.4) is 0 Å². The van der Waals surface area contributed by atoms with Crippen LogP contribution in [-0.4, -0.2) is 16.1 Å². The van der Waals surface area contributed by atoms with Gasteiger partial charge in [0.1, 0.15) is 5.82 Å². The molecule has 6 heteroatoms. The number of carbonyl (C=O) groups excluding carboxylic acids is 1. The van der Waals surface area contributed by atoms with E-state index < -0.39 is 0 Å². The van der Waals surface area contributed by atoms with Crippen LogP contribution in [0.25, 0.3) is 0 Å². The average Bonchev–Trinajstić information content (AvgIpc) is 2.80. The highest BCUT2D eigenvalue weighted by molar-refractivity contribution is 7.07. The zero-order chi connectivity index (χ0) is 11.4. The van der Waals surface area contributed by atoms with Crippen LogP contribution < -0.4 is 11.1 Å². The second-order valence-corrected chi connectivity index (χ2v) is 3.94. The Labute approximate surface area is 96.3 Å². The van der Waals surface area contributed by atoms with Gasteiger partial charge < -0.3 is 11.1 Å². The van der Waals surface area contributed by atoms with Crippen molar-refractivity contribution in [3.8, 4) is 0 Å². The van der Waals surface area contributed by atoms with E-state index in [2.05, 4.69) is 15.5 Å². The normalized spacial score (nSPS) is 10.0. The predicted molar refractivity (Wildman–Crippen MR) is 61.9 cm³/mol. The van der Waals surface area contributed by atoms with Gasteiger partial charge in [-0.25, -0.2) is 0 Å². The maximum atomic E-state index is 11.6. The number of carbonyl (C=O) groups is 1. The summed E-state index contributed by atoms with van der Waals surface area (Å²) in [6, 6.07) is 5.05. The third kappa shape index (κ3) is 2.54. The van der Waals surface area contributed by atoms with Gasteiger partial charge in [0.2, 0.25) is 0 Å². The number of nitrogens with two attached hydrogens (primary N) is 1. The minimum absolute atomic E-state index is 0.251. The Morgan fingerprint density at radius 2 is 2.25 bits per heavy atom. The SMILES string of the molecule is Nc1ccc(C(=O)NCc2ccsc2)nn1. The van der Waals surface area contributed by atoms with E-state index in [9.17, 15) is 4.79 Å². The maximum absolute atomic E-state index is 11.6. The van der Waals surface area contributed by atoms with E-state index in [0.29, 0.717) is 12.4 Å². The molecule has 3 N–H and O–H groups in total. The zero-order valence-electron chi connectivity index (χ0n) is 8.38. The van der Waals surface area contributed by atoms with E-state index in [-0.39, 0.29) is 11.6 Å².